The molecule has 0 saturated carbocycles. The van der Waals surface area contributed by atoms with Gasteiger partial charge in [0.2, 0.25) is 5.91 Å². The van der Waals surface area contributed by atoms with Crippen LogP contribution in [0.1, 0.15) is 30.6 Å². The van der Waals surface area contributed by atoms with Crippen molar-refractivity contribution in [2.24, 2.45) is 11.7 Å². The van der Waals surface area contributed by atoms with Crippen molar-refractivity contribution >= 4 is 42.1 Å². The van der Waals surface area contributed by atoms with Crippen LogP contribution in [0.25, 0.3) is 0 Å². The molecule has 1 aromatic heterocycles. The van der Waals surface area contributed by atoms with Gasteiger partial charge >= 0.3 is 0 Å². The largest absolute Gasteiger partial charge is 0.364 e. The van der Waals surface area contributed by atoms with Crippen LogP contribution < -0.4 is 11.1 Å². The summed E-state index contributed by atoms with van der Waals surface area (Å²) in [6, 6.07) is 4.32. The number of rotatable bonds is 6. The van der Waals surface area contributed by atoms with Crippen molar-refractivity contribution in [1.82, 2.24) is 10.2 Å². The van der Waals surface area contributed by atoms with Crippen LogP contribution >= 0.6 is 36.2 Å². The fourth-order valence-corrected chi connectivity index (χ4v) is 4.15. The van der Waals surface area contributed by atoms with Gasteiger partial charge in [0.05, 0.1) is 6.10 Å². The molecule has 2 fully saturated rings. The maximum Gasteiger partial charge on any atom is 0.249 e. The predicted octanol–water partition coefficient (Wildman–Crippen LogP) is 2.43. The monoisotopic (exact) mass is 409 g/mol. The Bertz CT molecular complexity index is 496. The van der Waals surface area contributed by atoms with Crippen LogP contribution in [0, 0.1) is 5.92 Å². The highest BCUT2D eigenvalue weighted by Gasteiger charge is 2.30. The van der Waals surface area contributed by atoms with Gasteiger partial charge < -0.3 is 15.8 Å². The number of amides is 1. The van der Waals surface area contributed by atoms with Gasteiger partial charge in [-0.2, -0.15) is 0 Å². The van der Waals surface area contributed by atoms with E-state index in [0.717, 1.165) is 51.9 Å². The average Bonchev–Trinajstić information content (AvgIpc) is 3.25. The highest BCUT2D eigenvalue weighted by molar-refractivity contribution is 7.09. The number of likely N-dealkylation sites (tertiary alicyclic amines) is 1. The number of nitrogens with zero attached hydrogens (tertiary/aromatic N) is 1. The summed E-state index contributed by atoms with van der Waals surface area (Å²) in [5.41, 5.74) is 5.59. The lowest BCUT2D eigenvalue weighted by Gasteiger charge is -2.31. The van der Waals surface area contributed by atoms with Crippen LogP contribution in [-0.2, 0) is 16.1 Å². The fraction of sp³-hybridized carbons (Fsp3) is 0.706. The Labute approximate surface area is 166 Å². The van der Waals surface area contributed by atoms with Crippen LogP contribution in [0.2, 0.25) is 0 Å². The van der Waals surface area contributed by atoms with Crippen LogP contribution in [0.4, 0.5) is 0 Å². The Kier molecular flexibility index (Phi) is 10.3. The summed E-state index contributed by atoms with van der Waals surface area (Å²) >= 11 is 1.83. The number of piperidine rings is 1. The molecule has 1 amide bonds. The zero-order valence-electron chi connectivity index (χ0n) is 14.4. The lowest BCUT2D eigenvalue weighted by atomic mass is 9.96. The van der Waals surface area contributed by atoms with Crippen molar-refractivity contribution in [2.75, 3.05) is 26.2 Å². The smallest absolute Gasteiger partial charge is 0.249 e. The summed E-state index contributed by atoms with van der Waals surface area (Å²) in [5.74, 6) is 0.632. The minimum atomic E-state index is -0.289. The molecule has 0 spiro atoms. The van der Waals surface area contributed by atoms with Crippen molar-refractivity contribution in [2.45, 2.75) is 44.4 Å². The molecule has 3 N–H and O–H groups in total. The minimum absolute atomic E-state index is 0. The Morgan fingerprint density at radius 3 is 2.64 bits per heavy atom. The molecule has 0 bridgehead atoms. The quantitative estimate of drug-likeness (QED) is 0.756. The molecule has 1 aromatic rings. The average molecular weight is 410 g/mol. The third kappa shape index (κ3) is 6.70. The van der Waals surface area contributed by atoms with Gasteiger partial charge in [0.25, 0.3) is 0 Å². The Balaban J connectivity index is 0.00000156. The van der Waals surface area contributed by atoms with Crippen LogP contribution in [0.15, 0.2) is 17.5 Å². The van der Waals surface area contributed by atoms with E-state index in [4.69, 9.17) is 10.5 Å². The molecule has 2 aliphatic heterocycles. The number of hydrogen-bond acceptors (Lipinski definition) is 5. The van der Waals surface area contributed by atoms with Gasteiger partial charge in [-0.15, -0.1) is 36.2 Å². The lowest BCUT2D eigenvalue weighted by molar-refractivity contribution is -0.132. The molecule has 3 rings (SSSR count). The molecular formula is C17H29Cl2N3O2S. The number of carbonyl (C=O) groups excluding carboxylic acids is 1. The number of halogens is 2. The molecule has 25 heavy (non-hydrogen) atoms. The predicted molar refractivity (Wildman–Crippen MR) is 107 cm³/mol. The molecule has 2 aliphatic rings. The topological polar surface area (TPSA) is 67.6 Å². The van der Waals surface area contributed by atoms with Gasteiger partial charge in [-0.05, 0) is 56.1 Å². The number of ether oxygens (including phenoxy) is 1. The molecule has 3 heterocycles. The summed E-state index contributed by atoms with van der Waals surface area (Å²) < 4.78 is 5.64. The highest BCUT2D eigenvalue weighted by atomic mass is 35.5. The summed E-state index contributed by atoms with van der Waals surface area (Å²) in [5, 5.41) is 5.21. The first-order valence-electron chi connectivity index (χ1n) is 8.62. The second-order valence-electron chi connectivity index (χ2n) is 6.60. The van der Waals surface area contributed by atoms with E-state index in [1.165, 1.54) is 4.88 Å². The third-order valence-corrected chi connectivity index (χ3v) is 5.76. The van der Waals surface area contributed by atoms with E-state index in [-0.39, 0.29) is 42.9 Å². The van der Waals surface area contributed by atoms with Crippen LogP contribution in [0.5, 0.6) is 0 Å². The number of nitrogens with two attached hydrogens (primary N) is 1. The van der Waals surface area contributed by atoms with Gasteiger partial charge in [-0.25, -0.2) is 0 Å². The molecule has 8 heteroatoms. The standard InChI is InChI=1S/C17H27N3O2S.2ClH/c18-10-14-3-4-16(22-14)17(21)19-11-13-5-7-20(8-6-13)12-15-2-1-9-23-15;;/h1-2,9,13-14,16H,3-8,10-12,18H2,(H,19,21);2*1H/t14-,16+;;/m1../s1. The van der Waals surface area contributed by atoms with Crippen LogP contribution in [0.3, 0.4) is 0 Å². The molecule has 0 unspecified atom stereocenters. The normalized spacial score (nSPS) is 24.4. The van der Waals surface area contributed by atoms with Gasteiger partial charge in [0.15, 0.2) is 0 Å². The first kappa shape index (κ1) is 22.7. The molecule has 144 valence electrons. The number of carbonyl (C=O) groups is 1. The van der Waals surface area contributed by atoms with E-state index in [1.54, 1.807) is 0 Å². The molecule has 0 radical (unpaired) electrons. The SMILES string of the molecule is Cl.Cl.NC[C@H]1CC[C@@H](C(=O)NCC2CCN(Cc3cccs3)CC2)O1. The maximum atomic E-state index is 12.1. The Hall–Kier alpha value is -0.370. The fourth-order valence-electron chi connectivity index (χ4n) is 3.40. The Morgan fingerprint density at radius 2 is 2.04 bits per heavy atom. The zero-order chi connectivity index (χ0) is 16.1. The molecule has 2 atom stereocenters. The van der Waals surface area contributed by atoms with Crippen LogP contribution in [-0.4, -0.2) is 49.2 Å². The Morgan fingerprint density at radius 1 is 1.28 bits per heavy atom. The maximum absolute atomic E-state index is 12.1. The minimum Gasteiger partial charge on any atom is -0.364 e. The van der Waals surface area contributed by atoms with Crippen molar-refractivity contribution < 1.29 is 9.53 Å². The van der Waals surface area contributed by atoms with Crippen molar-refractivity contribution in [3.8, 4) is 0 Å². The first-order chi connectivity index (χ1) is 11.2. The number of hydrogen-bond donors (Lipinski definition) is 2. The van der Waals surface area contributed by atoms with E-state index in [1.807, 2.05) is 11.3 Å². The second-order valence-corrected chi connectivity index (χ2v) is 7.64. The summed E-state index contributed by atoms with van der Waals surface area (Å²) in [6.45, 7) is 4.58. The van der Waals surface area contributed by atoms with E-state index in [9.17, 15) is 4.79 Å². The summed E-state index contributed by atoms with van der Waals surface area (Å²) in [6.07, 6.45) is 3.78. The first-order valence-corrected chi connectivity index (χ1v) is 9.50. The summed E-state index contributed by atoms with van der Waals surface area (Å²) in [4.78, 5) is 16.1. The molecule has 2 saturated heterocycles. The van der Waals surface area contributed by atoms with E-state index in [2.05, 4.69) is 27.7 Å². The van der Waals surface area contributed by atoms with Gasteiger partial charge in [0, 0.05) is 24.5 Å². The van der Waals surface area contributed by atoms with Gasteiger partial charge in [-0.3, -0.25) is 9.69 Å². The van der Waals surface area contributed by atoms with Crippen molar-refractivity contribution in [3.05, 3.63) is 22.4 Å². The van der Waals surface area contributed by atoms with Crippen molar-refractivity contribution in [3.63, 3.8) is 0 Å². The van der Waals surface area contributed by atoms with Gasteiger partial charge in [0.1, 0.15) is 6.10 Å². The van der Waals surface area contributed by atoms with E-state index >= 15 is 0 Å². The zero-order valence-corrected chi connectivity index (χ0v) is 16.8. The molecule has 0 aliphatic carbocycles. The number of nitrogens with one attached hydrogen (secondary N) is 1. The molecular weight excluding hydrogens is 381 g/mol. The number of thiophene rings is 1. The van der Waals surface area contributed by atoms with E-state index < -0.39 is 0 Å². The lowest BCUT2D eigenvalue weighted by Crippen LogP contribution is -2.41. The third-order valence-electron chi connectivity index (χ3n) is 4.89. The molecule has 0 aromatic carbocycles. The van der Waals surface area contributed by atoms with Gasteiger partial charge in [-0.1, -0.05) is 6.07 Å². The van der Waals surface area contributed by atoms with Crippen molar-refractivity contribution in [1.29, 1.82) is 0 Å². The van der Waals surface area contributed by atoms with E-state index in [0.29, 0.717) is 12.5 Å². The second kappa shape index (κ2) is 11.4. The summed E-state index contributed by atoms with van der Waals surface area (Å²) in [7, 11) is 0. The highest BCUT2D eigenvalue weighted by Crippen LogP contribution is 2.21. The molecule has 5 nitrogen and oxygen atoms in total.